The molecule has 1 saturated carbocycles. The van der Waals surface area contributed by atoms with Crippen LogP contribution in [0.15, 0.2) is 6.20 Å². The standard InChI is InChI=1S/C16H25N5O2/c1-11(22)18-8-13-9-19-14(20-13)12-4-7-21(10-12)15(23)16(17)5-2-3-6-16/h9,12H,2-8,10,17H2,1H3,(H,18,22)(H,19,20)/t12-/m1/s1. The first-order chi connectivity index (χ1) is 11.0. The van der Waals surface area contributed by atoms with Gasteiger partial charge in [-0.2, -0.15) is 0 Å². The fourth-order valence-electron chi connectivity index (χ4n) is 3.60. The minimum absolute atomic E-state index is 0.0661. The van der Waals surface area contributed by atoms with E-state index < -0.39 is 5.54 Å². The number of amides is 2. The molecule has 23 heavy (non-hydrogen) atoms. The first-order valence-electron chi connectivity index (χ1n) is 8.34. The number of imidazole rings is 1. The summed E-state index contributed by atoms with van der Waals surface area (Å²) in [5, 5.41) is 2.74. The summed E-state index contributed by atoms with van der Waals surface area (Å²) in [6.07, 6.45) is 6.34. The molecule has 0 unspecified atom stereocenters. The van der Waals surface area contributed by atoms with E-state index in [0.29, 0.717) is 13.1 Å². The molecule has 0 spiro atoms. The zero-order valence-corrected chi connectivity index (χ0v) is 13.6. The first kappa shape index (κ1) is 16.0. The van der Waals surface area contributed by atoms with E-state index in [2.05, 4.69) is 15.3 Å². The van der Waals surface area contributed by atoms with Gasteiger partial charge < -0.3 is 20.9 Å². The van der Waals surface area contributed by atoms with Crippen molar-refractivity contribution in [2.45, 2.75) is 57.0 Å². The van der Waals surface area contributed by atoms with E-state index in [-0.39, 0.29) is 17.7 Å². The van der Waals surface area contributed by atoms with Gasteiger partial charge in [0.2, 0.25) is 11.8 Å². The number of aromatic nitrogens is 2. The number of nitrogens with one attached hydrogen (secondary N) is 2. The summed E-state index contributed by atoms with van der Waals surface area (Å²) in [6, 6.07) is 0. The summed E-state index contributed by atoms with van der Waals surface area (Å²) in [6.45, 7) is 3.35. The van der Waals surface area contributed by atoms with Crippen molar-refractivity contribution < 1.29 is 9.59 Å². The Hall–Kier alpha value is -1.89. The van der Waals surface area contributed by atoms with E-state index in [1.165, 1.54) is 6.92 Å². The predicted octanol–water partition coefficient (Wildman–Crippen LogP) is 0.633. The number of nitrogens with zero attached hydrogens (tertiary/aromatic N) is 2. The Bertz CT molecular complexity index is 591. The molecule has 0 aromatic carbocycles. The van der Waals surface area contributed by atoms with Crippen LogP contribution in [0.2, 0.25) is 0 Å². The van der Waals surface area contributed by atoms with Crippen LogP contribution in [-0.2, 0) is 16.1 Å². The normalized spacial score (nSPS) is 23.2. The molecular formula is C16H25N5O2. The SMILES string of the molecule is CC(=O)NCc1cnc([C@@H]2CCN(C(=O)C3(N)CCCC3)C2)[nH]1. The number of nitrogens with two attached hydrogens (primary N) is 1. The number of likely N-dealkylation sites (tertiary alicyclic amines) is 1. The molecule has 7 heteroatoms. The van der Waals surface area contributed by atoms with E-state index in [9.17, 15) is 9.59 Å². The smallest absolute Gasteiger partial charge is 0.242 e. The highest BCUT2D eigenvalue weighted by molar-refractivity contribution is 5.86. The maximum Gasteiger partial charge on any atom is 0.242 e. The zero-order chi connectivity index (χ0) is 16.4. The highest BCUT2D eigenvalue weighted by Crippen LogP contribution is 2.32. The molecule has 2 heterocycles. The third kappa shape index (κ3) is 3.39. The molecule has 3 rings (SSSR count). The van der Waals surface area contributed by atoms with Crippen molar-refractivity contribution in [2.75, 3.05) is 13.1 Å². The van der Waals surface area contributed by atoms with Gasteiger partial charge in [0, 0.05) is 25.9 Å². The highest BCUT2D eigenvalue weighted by atomic mass is 16.2. The second kappa shape index (κ2) is 6.31. The Balaban J connectivity index is 1.59. The van der Waals surface area contributed by atoms with E-state index >= 15 is 0 Å². The molecule has 126 valence electrons. The van der Waals surface area contributed by atoms with Crippen molar-refractivity contribution in [3.8, 4) is 0 Å². The van der Waals surface area contributed by atoms with Gasteiger partial charge >= 0.3 is 0 Å². The number of aromatic amines is 1. The number of rotatable bonds is 4. The second-order valence-electron chi connectivity index (χ2n) is 6.80. The zero-order valence-electron chi connectivity index (χ0n) is 13.6. The molecule has 1 saturated heterocycles. The van der Waals surface area contributed by atoms with Gasteiger partial charge in [-0.25, -0.2) is 4.98 Å². The van der Waals surface area contributed by atoms with Crippen LogP contribution in [0.5, 0.6) is 0 Å². The van der Waals surface area contributed by atoms with Gasteiger partial charge in [0.05, 0.1) is 24.0 Å². The van der Waals surface area contributed by atoms with E-state index in [4.69, 9.17) is 5.73 Å². The Morgan fingerprint density at radius 3 is 2.91 bits per heavy atom. The van der Waals surface area contributed by atoms with E-state index in [1.807, 2.05) is 4.90 Å². The minimum atomic E-state index is -0.644. The second-order valence-corrected chi connectivity index (χ2v) is 6.80. The average Bonchev–Trinajstić information content (AvgIpc) is 3.24. The van der Waals surface area contributed by atoms with Crippen molar-refractivity contribution in [1.29, 1.82) is 0 Å². The summed E-state index contributed by atoms with van der Waals surface area (Å²) in [5.74, 6) is 1.14. The van der Waals surface area contributed by atoms with Crippen LogP contribution < -0.4 is 11.1 Å². The number of carbonyl (C=O) groups is 2. The fourth-order valence-corrected chi connectivity index (χ4v) is 3.60. The van der Waals surface area contributed by atoms with Crippen LogP contribution in [0.1, 0.15) is 56.5 Å². The molecule has 2 aliphatic rings. The Kier molecular flexibility index (Phi) is 4.39. The van der Waals surface area contributed by atoms with E-state index in [0.717, 1.165) is 50.2 Å². The minimum Gasteiger partial charge on any atom is -0.351 e. The first-order valence-corrected chi connectivity index (χ1v) is 8.34. The Morgan fingerprint density at radius 1 is 1.48 bits per heavy atom. The average molecular weight is 319 g/mol. The van der Waals surface area contributed by atoms with Crippen LogP contribution in [-0.4, -0.2) is 45.3 Å². The molecule has 0 bridgehead atoms. The lowest BCUT2D eigenvalue weighted by atomic mass is 9.97. The molecule has 1 atom stereocenters. The molecule has 2 amide bonds. The molecule has 2 fully saturated rings. The van der Waals surface area contributed by atoms with Gasteiger partial charge in [-0.1, -0.05) is 12.8 Å². The van der Waals surface area contributed by atoms with Crippen LogP contribution in [0.3, 0.4) is 0 Å². The fraction of sp³-hybridized carbons (Fsp3) is 0.688. The van der Waals surface area contributed by atoms with Crippen molar-refractivity contribution in [1.82, 2.24) is 20.2 Å². The number of H-pyrrole nitrogens is 1. The lowest BCUT2D eigenvalue weighted by Crippen LogP contribution is -2.52. The largest absolute Gasteiger partial charge is 0.351 e. The third-order valence-corrected chi connectivity index (χ3v) is 4.96. The van der Waals surface area contributed by atoms with Crippen molar-refractivity contribution in [3.05, 3.63) is 17.7 Å². The highest BCUT2D eigenvalue weighted by Gasteiger charge is 2.42. The van der Waals surface area contributed by atoms with Gasteiger partial charge in [-0.3, -0.25) is 9.59 Å². The number of carbonyl (C=O) groups excluding carboxylic acids is 2. The molecule has 1 aliphatic carbocycles. The van der Waals surface area contributed by atoms with Gasteiger partial charge in [-0.15, -0.1) is 0 Å². The van der Waals surface area contributed by atoms with E-state index in [1.54, 1.807) is 6.20 Å². The summed E-state index contributed by atoms with van der Waals surface area (Å²) in [4.78, 5) is 33.2. The predicted molar refractivity (Wildman–Crippen MR) is 85.4 cm³/mol. The molecule has 4 N–H and O–H groups in total. The monoisotopic (exact) mass is 319 g/mol. The lowest BCUT2D eigenvalue weighted by molar-refractivity contribution is -0.135. The van der Waals surface area contributed by atoms with Crippen LogP contribution in [0, 0.1) is 0 Å². The van der Waals surface area contributed by atoms with Crippen LogP contribution in [0.25, 0.3) is 0 Å². The molecule has 0 radical (unpaired) electrons. The van der Waals surface area contributed by atoms with Crippen molar-refractivity contribution in [2.24, 2.45) is 5.73 Å². The third-order valence-electron chi connectivity index (χ3n) is 4.96. The van der Waals surface area contributed by atoms with Gasteiger partial charge in [0.1, 0.15) is 5.82 Å². The summed E-state index contributed by atoms with van der Waals surface area (Å²) >= 11 is 0. The summed E-state index contributed by atoms with van der Waals surface area (Å²) in [7, 11) is 0. The number of hydrogen-bond acceptors (Lipinski definition) is 4. The number of hydrogen-bond donors (Lipinski definition) is 3. The molecular weight excluding hydrogens is 294 g/mol. The van der Waals surface area contributed by atoms with Crippen molar-refractivity contribution in [3.63, 3.8) is 0 Å². The molecule has 1 aromatic heterocycles. The van der Waals surface area contributed by atoms with Crippen molar-refractivity contribution >= 4 is 11.8 Å². The summed E-state index contributed by atoms with van der Waals surface area (Å²) in [5.41, 5.74) is 6.52. The summed E-state index contributed by atoms with van der Waals surface area (Å²) < 4.78 is 0. The Labute approximate surface area is 136 Å². The van der Waals surface area contributed by atoms with Gasteiger partial charge in [-0.05, 0) is 19.3 Å². The van der Waals surface area contributed by atoms with Gasteiger partial charge in [0.25, 0.3) is 0 Å². The quantitative estimate of drug-likeness (QED) is 0.757. The molecule has 1 aromatic rings. The maximum atomic E-state index is 12.7. The lowest BCUT2D eigenvalue weighted by Gasteiger charge is -2.28. The molecule has 1 aliphatic heterocycles. The topological polar surface area (TPSA) is 104 Å². The van der Waals surface area contributed by atoms with Gasteiger partial charge in [0.15, 0.2) is 0 Å². The Morgan fingerprint density at radius 2 is 2.22 bits per heavy atom. The van der Waals surface area contributed by atoms with Crippen LogP contribution in [0.4, 0.5) is 0 Å². The molecule has 7 nitrogen and oxygen atoms in total. The van der Waals surface area contributed by atoms with Crippen LogP contribution >= 0.6 is 0 Å². The maximum absolute atomic E-state index is 12.7.